The molecule has 1 aromatic carbocycles. The molecule has 0 saturated heterocycles. The maximum absolute atomic E-state index is 12.0. The number of carbonyl (C=O) groups is 2. The van der Waals surface area contributed by atoms with Crippen molar-refractivity contribution in [3.63, 3.8) is 0 Å². The van der Waals surface area contributed by atoms with Crippen LogP contribution in [-0.4, -0.2) is 24.5 Å². The molecule has 106 valence electrons. The van der Waals surface area contributed by atoms with E-state index in [2.05, 4.69) is 5.32 Å². The molecule has 20 heavy (non-hydrogen) atoms. The Hall–Kier alpha value is -2.35. The van der Waals surface area contributed by atoms with E-state index in [0.29, 0.717) is 6.42 Å². The van der Waals surface area contributed by atoms with E-state index in [0.717, 1.165) is 5.56 Å². The van der Waals surface area contributed by atoms with Gasteiger partial charge in [0.1, 0.15) is 12.0 Å². The third-order valence-corrected chi connectivity index (χ3v) is 2.75. The van der Waals surface area contributed by atoms with Crippen molar-refractivity contribution in [2.24, 2.45) is 5.92 Å². The number of nitrogens with one attached hydrogen (secondary N) is 1. The second-order valence-electron chi connectivity index (χ2n) is 4.35. The van der Waals surface area contributed by atoms with Crippen molar-refractivity contribution in [3.05, 3.63) is 35.9 Å². The van der Waals surface area contributed by atoms with Crippen molar-refractivity contribution in [2.45, 2.75) is 26.3 Å². The topological polar surface area (TPSA) is 79.2 Å². The van der Waals surface area contributed by atoms with Gasteiger partial charge in [-0.2, -0.15) is 5.26 Å². The fraction of sp³-hybridized carbons (Fsp3) is 0.400. The third-order valence-electron chi connectivity index (χ3n) is 2.75. The summed E-state index contributed by atoms with van der Waals surface area (Å²) in [6.07, 6.45) is 0.318. The average Bonchev–Trinajstić information content (AvgIpc) is 2.45. The van der Waals surface area contributed by atoms with Crippen LogP contribution in [0.25, 0.3) is 0 Å². The fourth-order valence-corrected chi connectivity index (χ4v) is 1.69. The molecule has 5 heteroatoms. The Morgan fingerprint density at radius 3 is 2.55 bits per heavy atom. The van der Waals surface area contributed by atoms with E-state index >= 15 is 0 Å². The van der Waals surface area contributed by atoms with Crippen LogP contribution < -0.4 is 5.32 Å². The molecule has 0 bridgehead atoms. The predicted molar refractivity (Wildman–Crippen MR) is 73.5 cm³/mol. The standard InChI is InChI=1S/C15H18N2O3/c1-3-20-15(19)11(2)17-14(18)13(10-16)9-12-7-5-4-6-8-12/h4-8,11,13H,3,9H2,1-2H3,(H,17,18). The molecule has 0 fully saturated rings. The first-order valence-corrected chi connectivity index (χ1v) is 6.49. The van der Waals surface area contributed by atoms with Gasteiger partial charge in [0.15, 0.2) is 0 Å². The van der Waals surface area contributed by atoms with Gasteiger partial charge in [-0.15, -0.1) is 0 Å². The van der Waals surface area contributed by atoms with Crippen molar-refractivity contribution in [3.8, 4) is 6.07 Å². The summed E-state index contributed by atoms with van der Waals surface area (Å²) in [5.41, 5.74) is 0.901. The monoisotopic (exact) mass is 274 g/mol. The second-order valence-corrected chi connectivity index (χ2v) is 4.35. The maximum Gasteiger partial charge on any atom is 0.328 e. The highest BCUT2D eigenvalue weighted by Gasteiger charge is 2.23. The van der Waals surface area contributed by atoms with Gasteiger partial charge in [0.25, 0.3) is 0 Å². The van der Waals surface area contributed by atoms with Crippen LogP contribution in [-0.2, 0) is 20.7 Å². The Morgan fingerprint density at radius 1 is 1.35 bits per heavy atom. The first-order valence-electron chi connectivity index (χ1n) is 6.49. The number of rotatable bonds is 6. The molecular weight excluding hydrogens is 256 g/mol. The number of carbonyl (C=O) groups excluding carboxylic acids is 2. The van der Waals surface area contributed by atoms with Gasteiger partial charge in [-0.1, -0.05) is 30.3 Å². The summed E-state index contributed by atoms with van der Waals surface area (Å²) >= 11 is 0. The number of esters is 1. The SMILES string of the molecule is CCOC(=O)C(C)NC(=O)C(C#N)Cc1ccccc1. The van der Waals surface area contributed by atoms with Crippen LogP contribution in [0, 0.1) is 17.2 Å². The fourth-order valence-electron chi connectivity index (χ4n) is 1.69. The molecule has 0 aromatic heterocycles. The van der Waals surface area contributed by atoms with Crippen molar-refractivity contribution in [1.29, 1.82) is 5.26 Å². The number of nitriles is 1. The molecule has 1 rings (SSSR count). The smallest absolute Gasteiger partial charge is 0.328 e. The molecule has 0 spiro atoms. The van der Waals surface area contributed by atoms with Crippen LogP contribution in [0.1, 0.15) is 19.4 Å². The minimum absolute atomic E-state index is 0.255. The van der Waals surface area contributed by atoms with Crippen molar-refractivity contribution in [1.82, 2.24) is 5.32 Å². The van der Waals surface area contributed by atoms with E-state index in [9.17, 15) is 9.59 Å². The number of hydrogen-bond donors (Lipinski definition) is 1. The van der Waals surface area contributed by atoms with Gasteiger partial charge >= 0.3 is 5.97 Å². The molecule has 1 amide bonds. The van der Waals surface area contributed by atoms with E-state index in [-0.39, 0.29) is 6.61 Å². The normalized spacial score (nSPS) is 12.8. The number of benzene rings is 1. The third kappa shape index (κ3) is 4.73. The van der Waals surface area contributed by atoms with Gasteiger partial charge in [-0.25, -0.2) is 4.79 Å². The summed E-state index contributed by atoms with van der Waals surface area (Å²) in [5.74, 6) is -1.79. The lowest BCUT2D eigenvalue weighted by Gasteiger charge is -2.15. The highest BCUT2D eigenvalue weighted by molar-refractivity contribution is 5.87. The maximum atomic E-state index is 12.0. The molecule has 1 aromatic rings. The van der Waals surface area contributed by atoms with Gasteiger partial charge in [-0.3, -0.25) is 4.79 Å². The molecule has 0 aliphatic heterocycles. The summed E-state index contributed by atoms with van der Waals surface area (Å²) in [6.45, 7) is 3.48. The van der Waals surface area contributed by atoms with Crippen LogP contribution in [0.2, 0.25) is 0 Å². The van der Waals surface area contributed by atoms with Gasteiger partial charge in [0.05, 0.1) is 12.7 Å². The lowest BCUT2D eigenvalue weighted by atomic mass is 9.99. The Bertz CT molecular complexity index is 494. The minimum Gasteiger partial charge on any atom is -0.464 e. The summed E-state index contributed by atoms with van der Waals surface area (Å²) < 4.78 is 4.80. The van der Waals surface area contributed by atoms with Crippen molar-refractivity contribution in [2.75, 3.05) is 6.61 Å². The van der Waals surface area contributed by atoms with Gasteiger partial charge in [0.2, 0.25) is 5.91 Å². The largest absolute Gasteiger partial charge is 0.464 e. The van der Waals surface area contributed by atoms with Crippen LogP contribution in [0.5, 0.6) is 0 Å². The Morgan fingerprint density at radius 2 is 2.00 bits per heavy atom. The highest BCUT2D eigenvalue weighted by atomic mass is 16.5. The molecule has 5 nitrogen and oxygen atoms in total. The predicted octanol–water partition coefficient (Wildman–Crippen LogP) is 1.44. The zero-order chi connectivity index (χ0) is 15.0. The minimum atomic E-state index is -0.825. The highest BCUT2D eigenvalue weighted by Crippen LogP contribution is 2.08. The summed E-state index contributed by atoms with van der Waals surface area (Å²) in [6, 6.07) is 10.5. The van der Waals surface area contributed by atoms with Crippen LogP contribution in [0.4, 0.5) is 0 Å². The Balaban J connectivity index is 2.60. The van der Waals surface area contributed by atoms with E-state index in [1.807, 2.05) is 36.4 Å². The zero-order valence-corrected chi connectivity index (χ0v) is 11.6. The first-order chi connectivity index (χ1) is 9.58. The molecule has 2 unspecified atom stereocenters. The molecule has 0 saturated carbocycles. The number of amides is 1. The van der Waals surface area contributed by atoms with Gasteiger partial charge in [0, 0.05) is 0 Å². The van der Waals surface area contributed by atoms with Crippen LogP contribution >= 0.6 is 0 Å². The number of hydrogen-bond acceptors (Lipinski definition) is 4. The molecule has 0 aliphatic carbocycles. The lowest BCUT2D eigenvalue weighted by Crippen LogP contribution is -2.42. The second kappa shape index (κ2) is 7.95. The molecule has 2 atom stereocenters. The first kappa shape index (κ1) is 15.7. The van der Waals surface area contributed by atoms with Crippen molar-refractivity contribution >= 4 is 11.9 Å². The summed E-state index contributed by atoms with van der Waals surface area (Å²) in [4.78, 5) is 23.4. The Labute approximate surface area is 118 Å². The molecular formula is C15H18N2O3. The summed E-state index contributed by atoms with van der Waals surface area (Å²) in [5, 5.41) is 11.6. The van der Waals surface area contributed by atoms with Crippen LogP contribution in [0.15, 0.2) is 30.3 Å². The van der Waals surface area contributed by atoms with E-state index < -0.39 is 23.8 Å². The van der Waals surface area contributed by atoms with Gasteiger partial charge < -0.3 is 10.1 Å². The molecule has 0 radical (unpaired) electrons. The lowest BCUT2D eigenvalue weighted by molar-refractivity contribution is -0.147. The van der Waals surface area contributed by atoms with Crippen LogP contribution in [0.3, 0.4) is 0 Å². The Kier molecular flexibility index (Phi) is 6.24. The van der Waals surface area contributed by atoms with E-state index in [1.54, 1.807) is 6.92 Å². The summed E-state index contributed by atoms with van der Waals surface area (Å²) in [7, 11) is 0. The number of ether oxygens (including phenoxy) is 1. The quantitative estimate of drug-likeness (QED) is 0.796. The zero-order valence-electron chi connectivity index (χ0n) is 11.6. The molecule has 0 aliphatic rings. The van der Waals surface area contributed by atoms with E-state index in [4.69, 9.17) is 10.00 Å². The average molecular weight is 274 g/mol. The molecule has 0 heterocycles. The van der Waals surface area contributed by atoms with E-state index in [1.165, 1.54) is 6.92 Å². The van der Waals surface area contributed by atoms with Gasteiger partial charge in [-0.05, 0) is 25.8 Å². The number of nitrogens with zero attached hydrogens (tertiary/aromatic N) is 1. The van der Waals surface area contributed by atoms with Crippen molar-refractivity contribution < 1.29 is 14.3 Å². The molecule has 1 N–H and O–H groups in total.